The number of carbonyl (C=O) groups is 1. The van der Waals surface area contributed by atoms with Gasteiger partial charge in [-0.1, -0.05) is 0 Å². The molecule has 126 valence electrons. The predicted molar refractivity (Wildman–Crippen MR) is 100 cm³/mol. The van der Waals surface area contributed by atoms with E-state index in [9.17, 15) is 4.79 Å². The molecule has 0 heterocycles. The summed E-state index contributed by atoms with van der Waals surface area (Å²) in [6.45, 7) is -0.631. The Kier molecular flexibility index (Phi) is 15.0. The van der Waals surface area contributed by atoms with Crippen molar-refractivity contribution in [2.24, 2.45) is 0 Å². The standard InChI is InChI=1S/C22H7ClO4/c1-2-3-4-5-6-7-8-9-10-11-12-13-14-15-16-17-18-26-21(19-24)20-27-22(23)25/h1,21,24H,19-20H2. The zero-order chi connectivity index (χ0) is 20.0. The Hall–Kier alpha value is -4.44. The van der Waals surface area contributed by atoms with Crippen LogP contribution >= 0.6 is 11.6 Å². The lowest BCUT2D eigenvalue weighted by Crippen LogP contribution is -2.22. The van der Waals surface area contributed by atoms with E-state index in [2.05, 4.69) is 106 Å². The van der Waals surface area contributed by atoms with E-state index < -0.39 is 18.1 Å². The summed E-state index contributed by atoms with van der Waals surface area (Å²) in [5.74, 6) is 38.3. The molecule has 0 bridgehead atoms. The van der Waals surface area contributed by atoms with E-state index in [-0.39, 0.29) is 6.61 Å². The Balaban J connectivity index is 4.35. The number of hydrogen-bond acceptors (Lipinski definition) is 4. The lowest BCUT2D eigenvalue weighted by molar-refractivity contribution is 0.0380. The monoisotopic (exact) mass is 370 g/mol. The lowest BCUT2D eigenvalue weighted by atomic mass is 10.4. The van der Waals surface area contributed by atoms with Gasteiger partial charge in [0.2, 0.25) is 0 Å². The van der Waals surface area contributed by atoms with Crippen molar-refractivity contribution >= 4 is 17.0 Å². The molecule has 0 amide bonds. The Labute approximate surface area is 163 Å². The molecule has 1 unspecified atom stereocenters. The average molecular weight is 371 g/mol. The van der Waals surface area contributed by atoms with Crippen LogP contribution in [0.2, 0.25) is 0 Å². The zero-order valence-corrected chi connectivity index (χ0v) is 14.4. The zero-order valence-electron chi connectivity index (χ0n) is 13.6. The van der Waals surface area contributed by atoms with Crippen molar-refractivity contribution in [3.63, 3.8) is 0 Å². The Bertz CT molecular complexity index is 1080. The van der Waals surface area contributed by atoms with E-state index >= 15 is 0 Å². The van der Waals surface area contributed by atoms with E-state index in [0.717, 1.165) is 0 Å². The summed E-state index contributed by atoms with van der Waals surface area (Å²) in [6, 6.07) is 0. The van der Waals surface area contributed by atoms with Crippen LogP contribution in [0.5, 0.6) is 0 Å². The molecule has 0 fully saturated rings. The summed E-state index contributed by atoms with van der Waals surface area (Å²) < 4.78 is 9.32. The molecule has 0 aromatic heterocycles. The number of rotatable bonds is 4. The van der Waals surface area contributed by atoms with Crippen LogP contribution in [-0.4, -0.2) is 29.9 Å². The van der Waals surface area contributed by atoms with Crippen LogP contribution in [0.4, 0.5) is 4.79 Å². The number of hydrogen-bond donors (Lipinski definition) is 1. The van der Waals surface area contributed by atoms with Crippen molar-refractivity contribution in [1.82, 2.24) is 0 Å². The maximum Gasteiger partial charge on any atom is 0.403 e. The van der Waals surface area contributed by atoms with Crippen molar-refractivity contribution < 1.29 is 19.4 Å². The van der Waals surface area contributed by atoms with Crippen molar-refractivity contribution in [3.05, 3.63) is 0 Å². The smallest absolute Gasteiger partial charge is 0.403 e. The molecular weight excluding hydrogens is 364 g/mol. The molecule has 1 atom stereocenters. The number of aliphatic hydroxyl groups excluding tert-OH is 1. The first-order valence-electron chi connectivity index (χ1n) is 6.75. The number of ether oxygens (including phenoxy) is 2. The molecule has 0 aliphatic rings. The second kappa shape index (κ2) is 17.9. The molecule has 5 heteroatoms. The fourth-order valence-corrected chi connectivity index (χ4v) is 0.926. The van der Waals surface area contributed by atoms with Gasteiger partial charge in [0.05, 0.1) is 6.61 Å². The van der Waals surface area contributed by atoms with E-state index in [1.165, 1.54) is 0 Å². The molecule has 4 nitrogen and oxygen atoms in total. The minimum atomic E-state index is -1.00. The molecule has 0 aliphatic heterocycles. The largest absolute Gasteiger partial charge is 0.450 e. The van der Waals surface area contributed by atoms with E-state index in [1.54, 1.807) is 0 Å². The summed E-state index contributed by atoms with van der Waals surface area (Å²) in [7, 11) is 0. The van der Waals surface area contributed by atoms with Crippen LogP contribution in [0.3, 0.4) is 0 Å². The maximum atomic E-state index is 10.4. The number of carbonyl (C=O) groups excluding carboxylic acids is 1. The summed E-state index contributed by atoms with van der Waals surface area (Å²) in [5.41, 5.74) is -1.00. The normalized spacial score (nSPS) is 7.00. The summed E-state index contributed by atoms with van der Waals surface area (Å²) in [4.78, 5) is 10.4. The van der Waals surface area contributed by atoms with Crippen LogP contribution in [0, 0.1) is 107 Å². The van der Waals surface area contributed by atoms with Crippen molar-refractivity contribution in [3.8, 4) is 107 Å². The highest BCUT2D eigenvalue weighted by molar-refractivity contribution is 6.61. The molecule has 0 saturated heterocycles. The lowest BCUT2D eigenvalue weighted by Gasteiger charge is -2.09. The van der Waals surface area contributed by atoms with Gasteiger partial charge in [-0.15, -0.1) is 6.42 Å². The molecule has 0 rings (SSSR count). The van der Waals surface area contributed by atoms with Crippen LogP contribution in [0.25, 0.3) is 0 Å². The first-order valence-corrected chi connectivity index (χ1v) is 7.13. The van der Waals surface area contributed by atoms with E-state index in [4.69, 9.17) is 27.9 Å². The molecule has 0 aliphatic carbocycles. The summed E-state index contributed by atoms with van der Waals surface area (Å²) in [6.07, 6.45) is 6.30. The Morgan fingerprint density at radius 2 is 1.22 bits per heavy atom. The highest BCUT2D eigenvalue weighted by atomic mass is 35.5. The van der Waals surface area contributed by atoms with Gasteiger partial charge in [0.25, 0.3) is 0 Å². The van der Waals surface area contributed by atoms with Gasteiger partial charge in [-0.2, -0.15) is 0 Å². The third-order valence-electron chi connectivity index (χ3n) is 1.81. The topological polar surface area (TPSA) is 55.8 Å². The van der Waals surface area contributed by atoms with Crippen LogP contribution in [0.1, 0.15) is 0 Å². The average Bonchev–Trinajstić information content (AvgIpc) is 2.66. The Morgan fingerprint density at radius 3 is 1.59 bits per heavy atom. The van der Waals surface area contributed by atoms with Gasteiger partial charge in [-0.05, 0) is 47.4 Å². The first kappa shape index (κ1) is 22.6. The molecule has 1 N–H and O–H groups in total. The maximum absolute atomic E-state index is 10.4. The van der Waals surface area contributed by atoms with Crippen LogP contribution < -0.4 is 0 Å². The van der Waals surface area contributed by atoms with Crippen molar-refractivity contribution in [1.29, 1.82) is 0 Å². The van der Waals surface area contributed by atoms with Gasteiger partial charge in [-0.3, -0.25) is 0 Å². The quantitative estimate of drug-likeness (QED) is 0.573. The van der Waals surface area contributed by atoms with Crippen molar-refractivity contribution in [2.75, 3.05) is 13.2 Å². The predicted octanol–water partition coefficient (Wildman–Crippen LogP) is 0.357. The molecule has 0 aromatic carbocycles. The fourth-order valence-electron chi connectivity index (χ4n) is 0.863. The second-order valence-electron chi connectivity index (χ2n) is 3.59. The second-order valence-corrected chi connectivity index (χ2v) is 3.90. The van der Waals surface area contributed by atoms with E-state index in [0.29, 0.717) is 0 Å². The number of terminal acetylenes is 1. The van der Waals surface area contributed by atoms with Crippen LogP contribution in [0.15, 0.2) is 0 Å². The van der Waals surface area contributed by atoms with Gasteiger partial charge in [0.1, 0.15) is 12.7 Å². The molecular formula is C22H7ClO4. The fraction of sp³-hybridized carbons (Fsp3) is 0.136. The molecule has 0 radical (unpaired) electrons. The van der Waals surface area contributed by atoms with E-state index in [1.807, 2.05) is 0 Å². The Morgan fingerprint density at radius 1 is 0.815 bits per heavy atom. The summed E-state index contributed by atoms with van der Waals surface area (Å²) >= 11 is 4.97. The van der Waals surface area contributed by atoms with Gasteiger partial charge in [0, 0.05) is 59.0 Å². The first-order chi connectivity index (χ1) is 13.2. The summed E-state index contributed by atoms with van der Waals surface area (Å²) in [5, 5.41) is 8.94. The minimum Gasteiger partial charge on any atom is -0.450 e. The van der Waals surface area contributed by atoms with Crippen LogP contribution in [-0.2, 0) is 9.47 Å². The molecule has 0 saturated carbocycles. The molecule has 0 aromatic rings. The SMILES string of the molecule is C#CC#CC#CC#CC#CC#CC#CC#CC#COC(CO)COC(=O)Cl. The highest BCUT2D eigenvalue weighted by Crippen LogP contribution is 1.94. The third-order valence-corrected chi connectivity index (χ3v) is 1.92. The number of halogens is 1. The molecule has 0 spiro atoms. The molecule has 27 heavy (non-hydrogen) atoms. The van der Waals surface area contributed by atoms with Gasteiger partial charge in [-0.25, -0.2) is 4.79 Å². The van der Waals surface area contributed by atoms with Gasteiger partial charge < -0.3 is 14.6 Å². The number of aliphatic hydroxyl groups is 1. The minimum absolute atomic E-state index is 0.228. The highest BCUT2D eigenvalue weighted by Gasteiger charge is 2.09. The van der Waals surface area contributed by atoms with Gasteiger partial charge >= 0.3 is 5.43 Å². The van der Waals surface area contributed by atoms with Gasteiger partial charge in [0.15, 0.2) is 6.10 Å². The van der Waals surface area contributed by atoms with Crippen molar-refractivity contribution in [2.45, 2.75) is 6.10 Å². The third kappa shape index (κ3) is 17.7.